The van der Waals surface area contributed by atoms with Crippen LogP contribution in [0.1, 0.15) is 25.7 Å². The summed E-state index contributed by atoms with van der Waals surface area (Å²) in [5.41, 5.74) is 0. The van der Waals surface area contributed by atoms with Crippen LogP contribution in [-0.4, -0.2) is 55.1 Å². The van der Waals surface area contributed by atoms with Gasteiger partial charge in [0.1, 0.15) is 6.54 Å². The van der Waals surface area contributed by atoms with Gasteiger partial charge in [0, 0.05) is 6.42 Å². The molecule has 2 fully saturated rings. The zero-order chi connectivity index (χ0) is 11.4. The maximum absolute atomic E-state index is 11.6. The molecule has 16 heavy (non-hydrogen) atoms. The zero-order valence-electron chi connectivity index (χ0n) is 10.2. The maximum Gasteiger partial charge on any atom is 0.314 e. The topological polar surface area (TPSA) is 20.3 Å². The fraction of sp³-hybridized carbons (Fsp3) is 0.769. The average Bonchev–Trinajstić information content (AvgIpc) is 2.86. The highest BCUT2D eigenvalue weighted by molar-refractivity contribution is 5.70. The van der Waals surface area contributed by atoms with E-state index in [0.717, 1.165) is 25.9 Å². The van der Waals surface area contributed by atoms with Crippen molar-refractivity contribution < 1.29 is 9.28 Å². The van der Waals surface area contributed by atoms with E-state index in [2.05, 4.69) is 16.7 Å². The molecule has 0 N–H and O–H groups in total. The van der Waals surface area contributed by atoms with Gasteiger partial charge in [0.25, 0.3) is 0 Å². The van der Waals surface area contributed by atoms with Gasteiger partial charge in [-0.1, -0.05) is 5.92 Å². The van der Waals surface area contributed by atoms with Crippen molar-refractivity contribution in [3.05, 3.63) is 0 Å². The normalized spacial score (nSPS) is 30.4. The first kappa shape index (κ1) is 11.6. The van der Waals surface area contributed by atoms with Gasteiger partial charge in [0.15, 0.2) is 0 Å². The van der Waals surface area contributed by atoms with Gasteiger partial charge >= 0.3 is 5.91 Å². The number of carbonyl (C=O) groups is 1. The van der Waals surface area contributed by atoms with E-state index >= 15 is 0 Å². The molecule has 0 radical (unpaired) electrons. The lowest BCUT2D eigenvalue weighted by atomic mass is 10.4. The number of hydrogen-bond acceptors (Lipinski definition) is 2. The molecule has 0 spiro atoms. The fourth-order valence-corrected chi connectivity index (χ4v) is 2.48. The molecule has 2 heterocycles. The first-order valence-corrected chi connectivity index (χ1v) is 6.27. The Bertz CT molecular complexity index is 323. The van der Waals surface area contributed by atoms with E-state index in [1.807, 2.05) is 7.05 Å². The fourth-order valence-electron chi connectivity index (χ4n) is 2.48. The van der Waals surface area contributed by atoms with E-state index < -0.39 is 0 Å². The van der Waals surface area contributed by atoms with E-state index in [0.29, 0.717) is 16.9 Å². The summed E-state index contributed by atoms with van der Waals surface area (Å²) in [6, 6.07) is 0. The molecule has 1 amide bonds. The Labute approximate surface area is 98.0 Å². The molecule has 88 valence electrons. The second kappa shape index (κ2) is 4.99. The van der Waals surface area contributed by atoms with Crippen molar-refractivity contribution in [1.29, 1.82) is 0 Å². The summed E-state index contributed by atoms with van der Waals surface area (Å²) in [4.78, 5) is 14.0. The van der Waals surface area contributed by atoms with Crippen LogP contribution in [0.5, 0.6) is 0 Å². The Morgan fingerprint density at radius 3 is 2.62 bits per heavy atom. The molecular weight excluding hydrogens is 200 g/mol. The van der Waals surface area contributed by atoms with Crippen LogP contribution in [0.25, 0.3) is 0 Å². The average molecular weight is 221 g/mol. The van der Waals surface area contributed by atoms with E-state index in [-0.39, 0.29) is 0 Å². The number of nitrogens with zero attached hydrogens (tertiary/aromatic N) is 2. The number of amides is 1. The molecule has 0 aliphatic carbocycles. The molecule has 2 aliphatic rings. The minimum absolute atomic E-state index is 0.357. The van der Waals surface area contributed by atoms with Crippen LogP contribution < -0.4 is 0 Å². The molecule has 3 heteroatoms. The lowest BCUT2D eigenvalue weighted by Crippen LogP contribution is -2.45. The van der Waals surface area contributed by atoms with Gasteiger partial charge in [-0.3, -0.25) is 9.38 Å². The lowest BCUT2D eigenvalue weighted by molar-refractivity contribution is -0.818. The highest BCUT2D eigenvalue weighted by Gasteiger charge is 2.35. The summed E-state index contributed by atoms with van der Waals surface area (Å²) < 4.78 is 0.535. The minimum atomic E-state index is 0.357. The van der Waals surface area contributed by atoms with Crippen LogP contribution in [0.2, 0.25) is 0 Å². The molecule has 3 nitrogen and oxygen atoms in total. The smallest absolute Gasteiger partial charge is 0.292 e. The van der Waals surface area contributed by atoms with Crippen molar-refractivity contribution in [3.8, 4) is 11.8 Å². The third-order valence-corrected chi connectivity index (χ3v) is 3.70. The summed E-state index contributed by atoms with van der Waals surface area (Å²) in [5.74, 6) is 6.75. The summed E-state index contributed by atoms with van der Waals surface area (Å²) >= 11 is 0. The molecule has 0 bridgehead atoms. The molecule has 0 aromatic rings. The molecule has 0 aromatic carbocycles. The van der Waals surface area contributed by atoms with Gasteiger partial charge in [-0.15, -0.1) is 0 Å². The van der Waals surface area contributed by atoms with Gasteiger partial charge in [0.2, 0.25) is 0 Å². The number of quaternary nitrogens is 1. The number of carbonyl (C=O) groups excluding carboxylic acids is 1. The quantitative estimate of drug-likeness (QED) is 0.509. The van der Waals surface area contributed by atoms with Crippen molar-refractivity contribution in [2.24, 2.45) is 0 Å². The van der Waals surface area contributed by atoms with Gasteiger partial charge in [-0.25, -0.2) is 4.79 Å². The van der Waals surface area contributed by atoms with Crippen molar-refractivity contribution in [2.75, 3.05) is 39.8 Å². The van der Waals surface area contributed by atoms with Crippen molar-refractivity contribution in [1.82, 2.24) is 4.90 Å². The van der Waals surface area contributed by atoms with E-state index in [4.69, 9.17) is 0 Å². The SMILES string of the molecule is C[N+]1(CC#CCN2CCCC2)CCCC1=O. The highest BCUT2D eigenvalue weighted by Crippen LogP contribution is 2.17. The van der Waals surface area contributed by atoms with Crippen LogP contribution in [0.3, 0.4) is 0 Å². The van der Waals surface area contributed by atoms with Gasteiger partial charge in [-0.05, 0) is 31.9 Å². The Kier molecular flexibility index (Phi) is 3.63. The predicted molar refractivity (Wildman–Crippen MR) is 63.6 cm³/mol. The molecule has 2 rings (SSSR count). The Hall–Kier alpha value is -0.850. The van der Waals surface area contributed by atoms with Gasteiger partial charge in [-0.2, -0.15) is 0 Å². The third-order valence-electron chi connectivity index (χ3n) is 3.70. The minimum Gasteiger partial charge on any atom is -0.292 e. The summed E-state index contributed by atoms with van der Waals surface area (Å²) in [6.45, 7) is 4.94. The Morgan fingerprint density at radius 1 is 1.25 bits per heavy atom. The summed E-state index contributed by atoms with van der Waals surface area (Å²) in [6.07, 6.45) is 4.40. The lowest BCUT2D eigenvalue weighted by Gasteiger charge is -2.23. The molecule has 1 unspecified atom stereocenters. The molecule has 1 atom stereocenters. The van der Waals surface area contributed by atoms with Gasteiger partial charge < -0.3 is 0 Å². The first-order chi connectivity index (χ1) is 7.71. The first-order valence-electron chi connectivity index (χ1n) is 6.27. The number of rotatable bonds is 2. The zero-order valence-corrected chi connectivity index (χ0v) is 10.2. The second-order valence-electron chi connectivity index (χ2n) is 5.11. The van der Waals surface area contributed by atoms with Crippen LogP contribution in [0.15, 0.2) is 0 Å². The van der Waals surface area contributed by atoms with E-state index in [9.17, 15) is 4.79 Å². The van der Waals surface area contributed by atoms with E-state index in [1.54, 1.807) is 0 Å². The Morgan fingerprint density at radius 2 is 2.00 bits per heavy atom. The number of likely N-dealkylation sites (tertiary alicyclic amines) is 2. The van der Waals surface area contributed by atoms with Crippen LogP contribution in [-0.2, 0) is 4.79 Å². The predicted octanol–water partition coefficient (Wildman–Crippen LogP) is 0.853. The highest BCUT2D eigenvalue weighted by atomic mass is 16.2. The standard InChI is InChI=1S/C13H21N2O/c1-15(12-6-7-13(15)16)11-5-4-10-14-8-2-3-9-14/h2-3,6-12H2,1H3/q+1. The van der Waals surface area contributed by atoms with Crippen LogP contribution in [0.4, 0.5) is 0 Å². The summed E-state index contributed by atoms with van der Waals surface area (Å²) in [5, 5.41) is 0. The molecule has 0 saturated carbocycles. The maximum atomic E-state index is 11.6. The molecule has 2 saturated heterocycles. The largest absolute Gasteiger partial charge is 0.314 e. The molecule has 0 aromatic heterocycles. The van der Waals surface area contributed by atoms with Gasteiger partial charge in [0.05, 0.1) is 26.6 Å². The van der Waals surface area contributed by atoms with Crippen LogP contribution in [0, 0.1) is 11.8 Å². The van der Waals surface area contributed by atoms with Crippen LogP contribution >= 0.6 is 0 Å². The number of hydrogen-bond donors (Lipinski definition) is 0. The van der Waals surface area contributed by atoms with Crippen molar-refractivity contribution in [2.45, 2.75) is 25.7 Å². The van der Waals surface area contributed by atoms with E-state index in [1.165, 1.54) is 25.9 Å². The Balaban J connectivity index is 1.77. The monoisotopic (exact) mass is 221 g/mol. The molecular formula is C13H21N2O+. The van der Waals surface area contributed by atoms with Crippen molar-refractivity contribution >= 4 is 5.91 Å². The van der Waals surface area contributed by atoms with Crippen molar-refractivity contribution in [3.63, 3.8) is 0 Å². The molecule has 2 aliphatic heterocycles. The summed E-state index contributed by atoms with van der Waals surface area (Å²) in [7, 11) is 2.01. The third kappa shape index (κ3) is 2.63. The second-order valence-corrected chi connectivity index (χ2v) is 5.11.